The monoisotopic (exact) mass is 408 g/mol. The molecule has 0 radical (unpaired) electrons. The minimum atomic E-state index is -3.78. The maximum absolute atomic E-state index is 12.4. The normalized spacial score (nSPS) is 14.6. The van der Waals surface area contributed by atoms with E-state index in [2.05, 4.69) is 9.97 Å². The van der Waals surface area contributed by atoms with Gasteiger partial charge in [-0.2, -0.15) is 0 Å². The van der Waals surface area contributed by atoms with E-state index in [1.807, 2.05) is 0 Å². The number of H-pyrrole nitrogens is 1. The van der Waals surface area contributed by atoms with E-state index in [0.29, 0.717) is 18.6 Å². The Morgan fingerprint density at radius 2 is 2.19 bits per heavy atom. The number of carbonyl (C=O) groups excluding carboxylic acids is 2. The Morgan fingerprint density at radius 3 is 2.77 bits per heavy atom. The number of ether oxygens (including phenoxy) is 1. The van der Waals surface area contributed by atoms with Crippen molar-refractivity contribution >= 4 is 30.7 Å². The molecule has 26 heavy (non-hydrogen) atoms. The lowest BCUT2D eigenvalue weighted by Gasteiger charge is -2.21. The van der Waals surface area contributed by atoms with Gasteiger partial charge in [0.1, 0.15) is 12.7 Å². The van der Waals surface area contributed by atoms with Gasteiger partial charge < -0.3 is 9.72 Å². The maximum Gasteiger partial charge on any atom is 0.474 e. The zero-order valence-corrected chi connectivity index (χ0v) is 16.8. The number of phosphoric acid groups is 1. The van der Waals surface area contributed by atoms with Crippen LogP contribution in [0.3, 0.4) is 0 Å². The Labute approximate surface area is 157 Å². The summed E-state index contributed by atoms with van der Waals surface area (Å²) in [7, 11) is -2.57. The predicted molar refractivity (Wildman–Crippen MR) is 96.7 cm³/mol. The first-order valence-electron chi connectivity index (χ1n) is 8.13. The molecule has 1 heterocycles. The number of carbonyl (C=O) groups is 2. The highest BCUT2D eigenvalue weighted by molar-refractivity contribution is 8.13. The molecule has 0 aromatic carbocycles. The molecule has 1 N–H and O–H groups in total. The van der Waals surface area contributed by atoms with E-state index in [1.54, 1.807) is 19.4 Å². The average molecular weight is 408 g/mol. The molecule has 1 rings (SSSR count). The van der Waals surface area contributed by atoms with Crippen molar-refractivity contribution in [3.63, 3.8) is 0 Å². The van der Waals surface area contributed by atoms with E-state index in [-0.39, 0.29) is 24.7 Å². The number of aromatic nitrogens is 2. The molecule has 0 saturated carbocycles. The van der Waals surface area contributed by atoms with E-state index in [9.17, 15) is 14.2 Å². The molecule has 1 aromatic rings. The van der Waals surface area contributed by atoms with Crippen molar-refractivity contribution in [2.45, 2.75) is 39.2 Å². The molecule has 0 aliphatic heterocycles. The summed E-state index contributed by atoms with van der Waals surface area (Å²) in [5.41, 5.74) is 0.839. The number of hydrogen-bond donors (Lipinski definition) is 1. The van der Waals surface area contributed by atoms with Gasteiger partial charge in [0, 0.05) is 31.7 Å². The lowest BCUT2D eigenvalue weighted by Crippen LogP contribution is -2.22. The van der Waals surface area contributed by atoms with Crippen molar-refractivity contribution in [1.29, 1.82) is 0 Å². The molecule has 0 bridgehead atoms. The van der Waals surface area contributed by atoms with Crippen LogP contribution in [0.15, 0.2) is 12.5 Å². The summed E-state index contributed by atoms with van der Waals surface area (Å²) in [4.78, 5) is 29.4. The highest BCUT2D eigenvalue weighted by atomic mass is 32.2. The zero-order valence-electron chi connectivity index (χ0n) is 15.1. The maximum atomic E-state index is 12.4. The minimum Gasteiger partial charge on any atom is -0.463 e. The molecule has 148 valence electrons. The van der Waals surface area contributed by atoms with E-state index in [1.165, 1.54) is 14.0 Å². The van der Waals surface area contributed by atoms with Crippen LogP contribution in [0.4, 0.5) is 0 Å². The van der Waals surface area contributed by atoms with Gasteiger partial charge in [-0.25, -0.2) is 9.55 Å². The summed E-state index contributed by atoms with van der Waals surface area (Å²) in [6.45, 7) is 3.21. The van der Waals surface area contributed by atoms with Gasteiger partial charge >= 0.3 is 13.8 Å². The lowest BCUT2D eigenvalue weighted by molar-refractivity contribution is -0.146. The molecule has 2 atom stereocenters. The number of thioether (sulfide) groups is 1. The van der Waals surface area contributed by atoms with Gasteiger partial charge in [0.05, 0.1) is 19.4 Å². The molecule has 1 aromatic heterocycles. The quantitative estimate of drug-likeness (QED) is 0.299. The number of aromatic amines is 1. The van der Waals surface area contributed by atoms with Crippen LogP contribution in [-0.4, -0.2) is 53.2 Å². The second kappa shape index (κ2) is 12.2. The zero-order chi connectivity index (χ0) is 19.4. The van der Waals surface area contributed by atoms with Gasteiger partial charge in [0.25, 0.3) is 0 Å². The SMILES string of the molecule is CCC(COC(=O)CCc1cnc[nH]1)OP(=O)(OC)OCCSC(C)=O. The summed E-state index contributed by atoms with van der Waals surface area (Å²) >= 11 is 1.05. The standard InChI is InChI=1S/C15H25N2O7PS/c1-4-14(10-22-15(19)6-5-13-9-16-11-17-13)24-25(20,21-3)23-7-8-26-12(2)18/h9,11,14H,4-8,10H2,1-3H3,(H,16,17). The van der Waals surface area contributed by atoms with Crippen LogP contribution in [0.25, 0.3) is 0 Å². The molecule has 11 heteroatoms. The van der Waals surface area contributed by atoms with E-state index in [0.717, 1.165) is 17.5 Å². The van der Waals surface area contributed by atoms with Crippen molar-refractivity contribution in [3.05, 3.63) is 18.2 Å². The first-order chi connectivity index (χ1) is 12.4. The van der Waals surface area contributed by atoms with Crippen LogP contribution in [-0.2, 0) is 38.9 Å². The molecule has 0 saturated heterocycles. The van der Waals surface area contributed by atoms with E-state index in [4.69, 9.17) is 18.3 Å². The van der Waals surface area contributed by atoms with Gasteiger partial charge in [0.2, 0.25) is 0 Å². The minimum absolute atomic E-state index is 0.0375. The molecule has 9 nitrogen and oxygen atoms in total. The molecular formula is C15H25N2O7PS. The Hall–Kier alpha value is -1.19. The topological polar surface area (TPSA) is 117 Å². The average Bonchev–Trinajstić information content (AvgIpc) is 3.14. The van der Waals surface area contributed by atoms with Gasteiger partial charge in [-0.3, -0.25) is 23.2 Å². The third-order valence-corrected chi connectivity index (χ3v) is 5.46. The number of aryl methyl sites for hydroxylation is 1. The Kier molecular flexibility index (Phi) is 10.8. The van der Waals surface area contributed by atoms with Crippen molar-refractivity contribution < 1.29 is 32.5 Å². The van der Waals surface area contributed by atoms with Crippen LogP contribution in [0, 0.1) is 0 Å². The highest BCUT2D eigenvalue weighted by Crippen LogP contribution is 2.50. The van der Waals surface area contributed by atoms with Gasteiger partial charge in [0.15, 0.2) is 5.12 Å². The van der Waals surface area contributed by atoms with Crippen molar-refractivity contribution in [3.8, 4) is 0 Å². The summed E-state index contributed by atoms with van der Waals surface area (Å²) in [5.74, 6) is -0.0570. The molecule has 0 aliphatic rings. The van der Waals surface area contributed by atoms with E-state index >= 15 is 0 Å². The lowest BCUT2D eigenvalue weighted by atomic mass is 10.2. The number of esters is 1. The number of rotatable bonds is 13. The fourth-order valence-corrected chi connectivity index (χ4v) is 3.50. The molecule has 0 spiro atoms. The largest absolute Gasteiger partial charge is 0.474 e. The number of imidazole rings is 1. The number of nitrogens with zero attached hydrogens (tertiary/aromatic N) is 1. The first kappa shape index (κ1) is 22.9. The molecular weight excluding hydrogens is 383 g/mol. The molecule has 0 aliphatic carbocycles. The molecule has 2 unspecified atom stereocenters. The van der Waals surface area contributed by atoms with Crippen LogP contribution < -0.4 is 0 Å². The molecule has 0 amide bonds. The van der Waals surface area contributed by atoms with Crippen molar-refractivity contribution in [2.24, 2.45) is 0 Å². The fraction of sp³-hybridized carbons (Fsp3) is 0.667. The van der Waals surface area contributed by atoms with Gasteiger partial charge in [-0.05, 0) is 12.8 Å². The van der Waals surface area contributed by atoms with Crippen LogP contribution >= 0.6 is 19.6 Å². The second-order valence-electron chi connectivity index (χ2n) is 5.20. The summed E-state index contributed by atoms with van der Waals surface area (Å²) < 4.78 is 32.9. The predicted octanol–water partition coefficient (Wildman–Crippen LogP) is 2.73. The van der Waals surface area contributed by atoms with Gasteiger partial charge in [-0.1, -0.05) is 18.7 Å². The first-order valence-corrected chi connectivity index (χ1v) is 10.6. The number of hydrogen-bond acceptors (Lipinski definition) is 9. The highest BCUT2D eigenvalue weighted by Gasteiger charge is 2.29. The number of phosphoric ester groups is 1. The third-order valence-electron chi connectivity index (χ3n) is 3.18. The summed E-state index contributed by atoms with van der Waals surface area (Å²) in [6.07, 6.45) is 3.69. The second-order valence-corrected chi connectivity index (χ2v) is 8.20. The Bertz CT molecular complexity index is 597. The van der Waals surface area contributed by atoms with Crippen LogP contribution in [0.1, 0.15) is 32.4 Å². The smallest absolute Gasteiger partial charge is 0.463 e. The third kappa shape index (κ3) is 9.49. The Balaban J connectivity index is 2.36. The van der Waals surface area contributed by atoms with Crippen molar-refractivity contribution in [2.75, 3.05) is 26.1 Å². The fourth-order valence-electron chi connectivity index (χ4n) is 1.78. The van der Waals surface area contributed by atoms with E-state index < -0.39 is 19.9 Å². The Morgan fingerprint density at radius 1 is 1.42 bits per heavy atom. The van der Waals surface area contributed by atoms with Crippen LogP contribution in [0.2, 0.25) is 0 Å². The van der Waals surface area contributed by atoms with Crippen molar-refractivity contribution in [1.82, 2.24) is 9.97 Å². The molecule has 0 fully saturated rings. The number of nitrogens with one attached hydrogen (secondary N) is 1. The van der Waals surface area contributed by atoms with Gasteiger partial charge in [-0.15, -0.1) is 0 Å². The summed E-state index contributed by atoms with van der Waals surface area (Å²) in [6, 6.07) is 0. The summed E-state index contributed by atoms with van der Waals surface area (Å²) in [5, 5.41) is -0.0600. The van der Waals surface area contributed by atoms with Crippen LogP contribution in [0.5, 0.6) is 0 Å².